The Labute approximate surface area is 166 Å². The molecule has 0 bridgehead atoms. The summed E-state index contributed by atoms with van der Waals surface area (Å²) in [5.41, 5.74) is 1.59. The highest BCUT2D eigenvalue weighted by atomic mass is 32.2. The van der Waals surface area contributed by atoms with E-state index in [4.69, 9.17) is 0 Å². The normalized spacial score (nSPS) is 19.9. The maximum Gasteiger partial charge on any atom is 0.246 e. The third-order valence-corrected chi connectivity index (χ3v) is 6.61. The summed E-state index contributed by atoms with van der Waals surface area (Å²) in [6, 6.07) is 2.73. The van der Waals surface area contributed by atoms with Crippen molar-refractivity contribution in [1.82, 2.24) is 24.5 Å². The van der Waals surface area contributed by atoms with Crippen LogP contribution in [0.25, 0.3) is 11.3 Å². The van der Waals surface area contributed by atoms with E-state index in [1.165, 1.54) is 0 Å². The molecule has 2 aromatic heterocycles. The van der Waals surface area contributed by atoms with Crippen LogP contribution >= 0.6 is 0 Å². The molecule has 2 heterocycles. The topological polar surface area (TPSA) is 89.8 Å². The summed E-state index contributed by atoms with van der Waals surface area (Å²) in [6.07, 6.45) is 11.0. The van der Waals surface area contributed by atoms with Gasteiger partial charge in [-0.3, -0.25) is 14.6 Å². The van der Waals surface area contributed by atoms with E-state index in [1.807, 2.05) is 10.9 Å². The van der Waals surface area contributed by atoms with Crippen LogP contribution in [0.15, 0.2) is 54.1 Å². The molecule has 1 aliphatic carbocycles. The highest BCUT2D eigenvalue weighted by molar-refractivity contribution is 7.89. The Hall–Kier alpha value is -2.72. The lowest BCUT2D eigenvalue weighted by molar-refractivity contribution is 0.293. The van der Waals surface area contributed by atoms with Crippen LogP contribution in [0.4, 0.5) is 8.78 Å². The summed E-state index contributed by atoms with van der Waals surface area (Å²) in [7, 11) is -4.27. The van der Waals surface area contributed by atoms with Crippen LogP contribution < -0.4 is 4.72 Å². The van der Waals surface area contributed by atoms with Gasteiger partial charge in [-0.1, -0.05) is 6.07 Å². The second kappa shape index (κ2) is 7.96. The number of halogens is 2. The van der Waals surface area contributed by atoms with Crippen LogP contribution in [-0.4, -0.2) is 34.2 Å². The van der Waals surface area contributed by atoms with Crippen LogP contribution in [0, 0.1) is 11.6 Å². The van der Waals surface area contributed by atoms with E-state index in [2.05, 4.69) is 19.8 Å². The zero-order valence-corrected chi connectivity index (χ0v) is 16.2. The first kappa shape index (κ1) is 19.6. The van der Waals surface area contributed by atoms with Crippen molar-refractivity contribution in [1.29, 1.82) is 0 Å². The van der Waals surface area contributed by atoms with Crippen LogP contribution in [0.2, 0.25) is 0 Å². The predicted molar refractivity (Wildman–Crippen MR) is 101 cm³/mol. The van der Waals surface area contributed by atoms with Crippen LogP contribution in [0.3, 0.4) is 0 Å². The third kappa shape index (κ3) is 4.18. The number of nitrogens with zero attached hydrogens (tertiary/aromatic N) is 4. The molecule has 4 rings (SSSR count). The van der Waals surface area contributed by atoms with Crippen molar-refractivity contribution >= 4 is 10.0 Å². The molecule has 0 atom stereocenters. The van der Waals surface area contributed by atoms with E-state index < -0.39 is 26.6 Å². The number of aromatic nitrogens is 4. The molecule has 1 saturated carbocycles. The monoisotopic (exact) mass is 419 g/mol. The van der Waals surface area contributed by atoms with Gasteiger partial charge in [0.15, 0.2) is 4.90 Å². The van der Waals surface area contributed by atoms with E-state index in [9.17, 15) is 17.2 Å². The molecule has 0 aliphatic heterocycles. The first-order chi connectivity index (χ1) is 13.9. The van der Waals surface area contributed by atoms with E-state index in [0.717, 1.165) is 29.5 Å². The van der Waals surface area contributed by atoms with Crippen molar-refractivity contribution in [3.63, 3.8) is 0 Å². The Kier molecular flexibility index (Phi) is 5.37. The van der Waals surface area contributed by atoms with Crippen LogP contribution in [0.5, 0.6) is 0 Å². The van der Waals surface area contributed by atoms with Gasteiger partial charge in [0.2, 0.25) is 10.0 Å². The third-order valence-electron chi connectivity index (χ3n) is 5.04. The van der Waals surface area contributed by atoms with Crippen molar-refractivity contribution in [2.45, 2.75) is 42.7 Å². The molecule has 0 spiro atoms. The maximum atomic E-state index is 13.8. The van der Waals surface area contributed by atoms with Crippen molar-refractivity contribution in [2.75, 3.05) is 0 Å². The molecule has 1 fully saturated rings. The van der Waals surface area contributed by atoms with Gasteiger partial charge >= 0.3 is 0 Å². The Balaban J connectivity index is 1.41. The number of hydrogen-bond acceptors (Lipinski definition) is 5. The SMILES string of the molecule is O=S(=O)(NC1CCC(n2cc(-c3cnccn3)cn2)CC1)c1c(F)cccc1F. The van der Waals surface area contributed by atoms with Crippen LogP contribution in [0.1, 0.15) is 31.7 Å². The van der Waals surface area contributed by atoms with Gasteiger partial charge in [0, 0.05) is 30.2 Å². The fourth-order valence-corrected chi connectivity index (χ4v) is 5.04. The number of sulfonamides is 1. The molecule has 152 valence electrons. The molecule has 1 aliphatic rings. The second-order valence-electron chi connectivity index (χ2n) is 6.98. The zero-order chi connectivity index (χ0) is 20.4. The smallest absolute Gasteiger partial charge is 0.246 e. The van der Waals surface area contributed by atoms with Gasteiger partial charge in [-0.05, 0) is 37.8 Å². The molecule has 3 aromatic rings. The van der Waals surface area contributed by atoms with E-state index >= 15 is 0 Å². The summed E-state index contributed by atoms with van der Waals surface area (Å²) in [5.74, 6) is -2.20. The van der Waals surface area contributed by atoms with Gasteiger partial charge in [-0.2, -0.15) is 5.10 Å². The van der Waals surface area contributed by atoms with Gasteiger partial charge in [0.25, 0.3) is 0 Å². The lowest BCUT2D eigenvalue weighted by Crippen LogP contribution is -2.38. The molecule has 0 amide bonds. The first-order valence-corrected chi connectivity index (χ1v) is 10.7. The Morgan fingerprint density at radius 1 is 1.03 bits per heavy atom. The Morgan fingerprint density at radius 2 is 1.76 bits per heavy atom. The average Bonchev–Trinajstić information content (AvgIpc) is 3.19. The summed E-state index contributed by atoms with van der Waals surface area (Å²) in [4.78, 5) is 7.37. The molecule has 0 unspecified atom stereocenters. The molecule has 7 nitrogen and oxygen atoms in total. The highest BCUT2D eigenvalue weighted by Crippen LogP contribution is 2.30. The van der Waals surface area contributed by atoms with Gasteiger partial charge < -0.3 is 0 Å². The first-order valence-electron chi connectivity index (χ1n) is 9.21. The summed E-state index contributed by atoms with van der Waals surface area (Å²) in [5, 5.41) is 4.40. The van der Waals surface area contributed by atoms with E-state index in [-0.39, 0.29) is 12.1 Å². The van der Waals surface area contributed by atoms with Crippen LogP contribution in [-0.2, 0) is 10.0 Å². The number of rotatable bonds is 5. The quantitative estimate of drug-likeness (QED) is 0.687. The molecule has 29 heavy (non-hydrogen) atoms. The van der Waals surface area contributed by atoms with Gasteiger partial charge in [0.05, 0.1) is 24.1 Å². The lowest BCUT2D eigenvalue weighted by atomic mass is 9.92. The minimum absolute atomic E-state index is 0.117. The molecule has 10 heteroatoms. The number of hydrogen-bond donors (Lipinski definition) is 1. The minimum Gasteiger partial charge on any atom is -0.269 e. The molecular weight excluding hydrogens is 400 g/mol. The molecule has 1 aromatic carbocycles. The standard InChI is InChI=1S/C19H19F2N5O2S/c20-16-2-1-3-17(21)19(16)29(27,28)25-14-4-6-15(7-5-14)26-12-13(10-24-26)18-11-22-8-9-23-18/h1-3,8-12,14-15,25H,4-7H2. The molecule has 0 saturated heterocycles. The minimum atomic E-state index is -4.27. The maximum absolute atomic E-state index is 13.8. The number of nitrogens with one attached hydrogen (secondary N) is 1. The van der Waals surface area contributed by atoms with Gasteiger partial charge in [0.1, 0.15) is 11.6 Å². The van der Waals surface area contributed by atoms with Crippen molar-refractivity contribution in [3.05, 3.63) is 60.8 Å². The number of benzene rings is 1. The van der Waals surface area contributed by atoms with E-state index in [0.29, 0.717) is 25.7 Å². The molecule has 1 N–H and O–H groups in total. The largest absolute Gasteiger partial charge is 0.269 e. The average molecular weight is 419 g/mol. The Bertz CT molecular complexity index is 1080. The zero-order valence-electron chi connectivity index (χ0n) is 15.4. The van der Waals surface area contributed by atoms with Crippen molar-refractivity contribution in [3.8, 4) is 11.3 Å². The highest BCUT2D eigenvalue weighted by Gasteiger charge is 2.30. The lowest BCUT2D eigenvalue weighted by Gasteiger charge is -2.29. The van der Waals surface area contributed by atoms with Gasteiger partial charge in [-0.15, -0.1) is 0 Å². The van der Waals surface area contributed by atoms with E-state index in [1.54, 1.807) is 24.8 Å². The fourth-order valence-electron chi connectivity index (χ4n) is 3.59. The predicted octanol–water partition coefficient (Wildman–Crippen LogP) is 3.08. The fraction of sp³-hybridized carbons (Fsp3) is 0.316. The summed E-state index contributed by atoms with van der Waals surface area (Å²) >= 11 is 0. The van der Waals surface area contributed by atoms with Gasteiger partial charge in [-0.25, -0.2) is 21.9 Å². The molecular formula is C19H19F2N5O2S. The summed E-state index contributed by atoms with van der Waals surface area (Å²) < 4.78 is 56.8. The molecule has 0 radical (unpaired) electrons. The van der Waals surface area contributed by atoms with Crippen molar-refractivity contribution < 1.29 is 17.2 Å². The summed E-state index contributed by atoms with van der Waals surface area (Å²) in [6.45, 7) is 0. The van der Waals surface area contributed by atoms with Crippen molar-refractivity contribution in [2.24, 2.45) is 0 Å². The second-order valence-corrected chi connectivity index (χ2v) is 8.63. The Morgan fingerprint density at radius 3 is 2.41 bits per heavy atom.